The lowest BCUT2D eigenvalue weighted by Gasteiger charge is -2.30. The summed E-state index contributed by atoms with van der Waals surface area (Å²) in [5.41, 5.74) is 0.410. The van der Waals surface area contributed by atoms with Gasteiger partial charge in [-0.25, -0.2) is 13.1 Å². The molecular formula is C13H21N3O3S. The van der Waals surface area contributed by atoms with E-state index in [-0.39, 0.29) is 10.8 Å². The molecule has 1 aliphatic rings. The number of carbonyl (C=O) groups is 1. The zero-order chi connectivity index (χ0) is 14.9. The maximum Gasteiger partial charge on any atom is 0.270 e. The first-order valence-corrected chi connectivity index (χ1v) is 8.22. The SMILES string of the molecule is CNS(=O)(=O)c1cc(C(=O)N2CCCC(C)C2)n(C)c1. The third kappa shape index (κ3) is 2.88. The molecule has 1 atom stereocenters. The quantitative estimate of drug-likeness (QED) is 0.897. The smallest absolute Gasteiger partial charge is 0.270 e. The van der Waals surface area contributed by atoms with E-state index in [1.54, 1.807) is 16.5 Å². The fourth-order valence-corrected chi connectivity index (χ4v) is 3.35. The summed E-state index contributed by atoms with van der Waals surface area (Å²) in [4.78, 5) is 14.4. The van der Waals surface area contributed by atoms with Gasteiger partial charge >= 0.3 is 0 Å². The van der Waals surface area contributed by atoms with Gasteiger partial charge in [-0.2, -0.15) is 0 Å². The number of nitrogens with zero attached hydrogens (tertiary/aromatic N) is 2. The van der Waals surface area contributed by atoms with Crippen LogP contribution in [0.2, 0.25) is 0 Å². The average molecular weight is 299 g/mol. The normalized spacial score (nSPS) is 20.1. The third-order valence-electron chi connectivity index (χ3n) is 3.72. The van der Waals surface area contributed by atoms with Gasteiger partial charge in [0.2, 0.25) is 10.0 Å². The first-order valence-electron chi connectivity index (χ1n) is 6.74. The van der Waals surface area contributed by atoms with Crippen molar-refractivity contribution < 1.29 is 13.2 Å². The molecule has 0 bridgehead atoms. The lowest BCUT2D eigenvalue weighted by Crippen LogP contribution is -2.39. The molecule has 112 valence electrons. The number of piperidine rings is 1. The number of sulfonamides is 1. The molecule has 0 aromatic carbocycles. The molecule has 20 heavy (non-hydrogen) atoms. The van der Waals surface area contributed by atoms with Crippen molar-refractivity contribution in [2.45, 2.75) is 24.7 Å². The fraction of sp³-hybridized carbons (Fsp3) is 0.615. The number of amides is 1. The Labute approximate surface area is 119 Å². The predicted octanol–water partition coefficient (Wildman–Crippen LogP) is 0.805. The van der Waals surface area contributed by atoms with Gasteiger partial charge in [-0.3, -0.25) is 4.79 Å². The molecule has 1 aliphatic heterocycles. The van der Waals surface area contributed by atoms with E-state index < -0.39 is 10.0 Å². The summed E-state index contributed by atoms with van der Waals surface area (Å²) < 4.78 is 27.4. The minimum atomic E-state index is -3.52. The second kappa shape index (κ2) is 5.57. The number of hydrogen-bond acceptors (Lipinski definition) is 3. The maximum absolute atomic E-state index is 12.5. The Balaban J connectivity index is 2.27. The molecule has 1 N–H and O–H groups in total. The Morgan fingerprint density at radius 2 is 2.15 bits per heavy atom. The number of aromatic nitrogens is 1. The van der Waals surface area contributed by atoms with Crippen LogP contribution < -0.4 is 4.72 Å². The van der Waals surface area contributed by atoms with E-state index in [2.05, 4.69) is 11.6 Å². The molecule has 1 fully saturated rings. The van der Waals surface area contributed by atoms with Crippen LogP contribution in [-0.4, -0.2) is 43.9 Å². The van der Waals surface area contributed by atoms with E-state index in [1.165, 1.54) is 19.3 Å². The minimum Gasteiger partial charge on any atom is -0.345 e. The Kier molecular flexibility index (Phi) is 4.19. The monoisotopic (exact) mass is 299 g/mol. The van der Waals surface area contributed by atoms with Crippen molar-refractivity contribution in [1.82, 2.24) is 14.2 Å². The molecule has 1 unspecified atom stereocenters. The van der Waals surface area contributed by atoms with Gasteiger partial charge in [0.05, 0.1) is 0 Å². The molecule has 1 aromatic rings. The van der Waals surface area contributed by atoms with E-state index in [0.717, 1.165) is 25.9 Å². The van der Waals surface area contributed by atoms with Gasteiger partial charge in [0.15, 0.2) is 0 Å². The Bertz CT molecular complexity index is 606. The minimum absolute atomic E-state index is 0.100. The molecule has 0 radical (unpaired) electrons. The summed E-state index contributed by atoms with van der Waals surface area (Å²) in [7, 11) is -0.469. The van der Waals surface area contributed by atoms with Crippen LogP contribution in [0.1, 0.15) is 30.3 Å². The summed E-state index contributed by atoms with van der Waals surface area (Å²) in [6, 6.07) is 1.44. The third-order valence-corrected chi connectivity index (χ3v) is 5.10. The van der Waals surface area contributed by atoms with Crippen LogP contribution in [0.25, 0.3) is 0 Å². The summed E-state index contributed by atoms with van der Waals surface area (Å²) in [6.07, 6.45) is 3.60. The second-order valence-corrected chi connectivity index (χ2v) is 7.26. The summed E-state index contributed by atoms with van der Waals surface area (Å²) >= 11 is 0. The number of aryl methyl sites for hydroxylation is 1. The number of carbonyl (C=O) groups excluding carboxylic acids is 1. The molecule has 1 aromatic heterocycles. The van der Waals surface area contributed by atoms with Crippen LogP contribution in [-0.2, 0) is 17.1 Å². The van der Waals surface area contributed by atoms with Gasteiger partial charge in [-0.15, -0.1) is 0 Å². The lowest BCUT2D eigenvalue weighted by atomic mass is 10.00. The lowest BCUT2D eigenvalue weighted by molar-refractivity contribution is 0.0673. The summed E-state index contributed by atoms with van der Waals surface area (Å²) in [5, 5.41) is 0. The fourth-order valence-electron chi connectivity index (χ4n) is 2.55. The number of hydrogen-bond donors (Lipinski definition) is 1. The molecule has 0 saturated carbocycles. The zero-order valence-electron chi connectivity index (χ0n) is 12.1. The van der Waals surface area contributed by atoms with Crippen molar-refractivity contribution in [2.75, 3.05) is 20.1 Å². The number of nitrogens with one attached hydrogen (secondary N) is 1. The molecule has 0 spiro atoms. The van der Waals surface area contributed by atoms with Crippen LogP contribution in [0.5, 0.6) is 0 Å². The van der Waals surface area contributed by atoms with Gasteiger partial charge in [-0.05, 0) is 31.9 Å². The Hall–Kier alpha value is -1.34. The summed E-state index contributed by atoms with van der Waals surface area (Å²) in [5.74, 6) is 0.394. The van der Waals surface area contributed by atoms with E-state index in [1.807, 2.05) is 0 Å². The highest BCUT2D eigenvalue weighted by atomic mass is 32.2. The molecule has 2 heterocycles. The number of rotatable bonds is 3. The van der Waals surface area contributed by atoms with Crippen LogP contribution in [0, 0.1) is 5.92 Å². The Morgan fingerprint density at radius 3 is 2.75 bits per heavy atom. The topological polar surface area (TPSA) is 71.4 Å². The zero-order valence-corrected chi connectivity index (χ0v) is 12.9. The highest BCUT2D eigenvalue weighted by Crippen LogP contribution is 2.20. The van der Waals surface area contributed by atoms with Crippen molar-refractivity contribution >= 4 is 15.9 Å². The summed E-state index contributed by atoms with van der Waals surface area (Å²) in [6.45, 7) is 3.60. The first-order chi connectivity index (χ1) is 9.35. The number of likely N-dealkylation sites (tertiary alicyclic amines) is 1. The average Bonchev–Trinajstić information content (AvgIpc) is 2.81. The Morgan fingerprint density at radius 1 is 1.45 bits per heavy atom. The van der Waals surface area contributed by atoms with E-state index in [9.17, 15) is 13.2 Å². The van der Waals surface area contributed by atoms with Crippen molar-refractivity contribution in [1.29, 1.82) is 0 Å². The largest absolute Gasteiger partial charge is 0.345 e. The van der Waals surface area contributed by atoms with Crippen LogP contribution in [0.4, 0.5) is 0 Å². The predicted molar refractivity (Wildman–Crippen MR) is 76.0 cm³/mol. The van der Waals surface area contributed by atoms with E-state index in [0.29, 0.717) is 11.6 Å². The molecule has 2 rings (SSSR count). The van der Waals surface area contributed by atoms with Crippen molar-refractivity contribution in [2.24, 2.45) is 13.0 Å². The molecule has 1 saturated heterocycles. The highest BCUT2D eigenvalue weighted by Gasteiger charge is 2.25. The molecule has 1 amide bonds. The van der Waals surface area contributed by atoms with Gasteiger partial charge < -0.3 is 9.47 Å². The van der Waals surface area contributed by atoms with Gasteiger partial charge in [-0.1, -0.05) is 6.92 Å². The molecule has 7 heteroatoms. The van der Waals surface area contributed by atoms with E-state index in [4.69, 9.17) is 0 Å². The van der Waals surface area contributed by atoms with E-state index >= 15 is 0 Å². The second-order valence-electron chi connectivity index (χ2n) is 5.38. The van der Waals surface area contributed by atoms with Crippen LogP contribution in [0.3, 0.4) is 0 Å². The maximum atomic E-state index is 12.5. The van der Waals surface area contributed by atoms with Crippen molar-refractivity contribution in [3.8, 4) is 0 Å². The first kappa shape index (κ1) is 15.1. The van der Waals surface area contributed by atoms with Crippen LogP contribution in [0.15, 0.2) is 17.2 Å². The molecule has 0 aliphatic carbocycles. The van der Waals surface area contributed by atoms with Gasteiger partial charge in [0.25, 0.3) is 5.91 Å². The van der Waals surface area contributed by atoms with Crippen LogP contribution >= 0.6 is 0 Å². The van der Waals surface area contributed by atoms with Crippen molar-refractivity contribution in [3.05, 3.63) is 18.0 Å². The van der Waals surface area contributed by atoms with Gasteiger partial charge in [0.1, 0.15) is 10.6 Å². The highest BCUT2D eigenvalue weighted by molar-refractivity contribution is 7.89. The molecular weight excluding hydrogens is 278 g/mol. The standard InChI is InChI=1S/C13H21N3O3S/c1-10-5-4-6-16(8-10)13(17)12-7-11(9-15(12)3)20(18,19)14-2/h7,9-10,14H,4-6,8H2,1-3H3. The molecule has 6 nitrogen and oxygen atoms in total. The van der Waals surface area contributed by atoms with Crippen molar-refractivity contribution in [3.63, 3.8) is 0 Å². The van der Waals surface area contributed by atoms with Gasteiger partial charge in [0, 0.05) is 26.3 Å².